The number of nitrogens with one attached hydrogen (secondary N) is 2. The summed E-state index contributed by atoms with van der Waals surface area (Å²) in [5.74, 6) is -1.13. The van der Waals surface area contributed by atoms with E-state index in [-0.39, 0.29) is 42.6 Å². The third-order valence-corrected chi connectivity index (χ3v) is 6.49. The van der Waals surface area contributed by atoms with E-state index in [4.69, 9.17) is 4.74 Å². The maximum atomic E-state index is 13.8. The number of amides is 2. The fourth-order valence-electron chi connectivity index (χ4n) is 4.43. The van der Waals surface area contributed by atoms with Crippen LogP contribution in [0.2, 0.25) is 0 Å². The molecule has 8 heteroatoms. The van der Waals surface area contributed by atoms with Crippen molar-refractivity contribution in [2.24, 2.45) is 11.8 Å². The summed E-state index contributed by atoms with van der Waals surface area (Å²) in [5.41, 5.74) is 2.49. The van der Waals surface area contributed by atoms with E-state index in [1.807, 2.05) is 6.92 Å². The van der Waals surface area contributed by atoms with Gasteiger partial charge in [-0.15, -0.1) is 0 Å². The molecule has 2 amide bonds. The van der Waals surface area contributed by atoms with Crippen LogP contribution in [0.4, 0.5) is 4.39 Å². The van der Waals surface area contributed by atoms with Crippen molar-refractivity contribution in [2.45, 2.75) is 47.1 Å². The van der Waals surface area contributed by atoms with Gasteiger partial charge >= 0.3 is 5.97 Å². The first-order valence-corrected chi connectivity index (χ1v) is 11.4. The Hall–Kier alpha value is -3.16. The summed E-state index contributed by atoms with van der Waals surface area (Å²) in [4.78, 5) is 42.7. The van der Waals surface area contributed by atoms with Gasteiger partial charge in [0, 0.05) is 36.8 Å². The van der Waals surface area contributed by atoms with Crippen molar-refractivity contribution in [3.8, 4) is 0 Å². The molecule has 1 aromatic carbocycles. The first-order chi connectivity index (χ1) is 15.7. The van der Waals surface area contributed by atoms with Crippen LogP contribution < -0.4 is 5.32 Å². The average Bonchev–Trinajstić information content (AvgIpc) is 3.11. The van der Waals surface area contributed by atoms with Gasteiger partial charge in [-0.3, -0.25) is 9.59 Å². The maximum absolute atomic E-state index is 13.8. The van der Waals surface area contributed by atoms with E-state index in [1.54, 1.807) is 43.9 Å². The zero-order valence-electron chi connectivity index (χ0n) is 19.7. The summed E-state index contributed by atoms with van der Waals surface area (Å²) in [6.07, 6.45) is 1.40. The lowest BCUT2D eigenvalue weighted by atomic mass is 9.84. The van der Waals surface area contributed by atoms with Crippen LogP contribution in [0.5, 0.6) is 0 Å². The molecule has 178 valence electrons. The van der Waals surface area contributed by atoms with Crippen LogP contribution in [-0.4, -0.2) is 47.4 Å². The van der Waals surface area contributed by atoms with Gasteiger partial charge in [0.15, 0.2) is 0 Å². The molecule has 2 aromatic rings. The van der Waals surface area contributed by atoms with Crippen molar-refractivity contribution in [3.63, 3.8) is 0 Å². The Morgan fingerprint density at radius 1 is 1.21 bits per heavy atom. The minimum atomic E-state index is -0.434. The predicted molar refractivity (Wildman–Crippen MR) is 122 cm³/mol. The molecule has 3 rings (SSSR count). The number of hydrogen-bond donors (Lipinski definition) is 2. The van der Waals surface area contributed by atoms with E-state index < -0.39 is 5.97 Å². The highest BCUT2D eigenvalue weighted by Gasteiger charge is 2.32. The highest BCUT2D eigenvalue weighted by molar-refractivity contribution is 6.00. The Labute approximate surface area is 193 Å². The molecule has 33 heavy (non-hydrogen) atoms. The lowest BCUT2D eigenvalue weighted by Gasteiger charge is -2.34. The number of piperidine rings is 1. The Kier molecular flexibility index (Phi) is 7.89. The second-order valence-corrected chi connectivity index (χ2v) is 8.57. The van der Waals surface area contributed by atoms with Gasteiger partial charge in [-0.2, -0.15) is 0 Å². The number of aryl methyl sites for hydroxylation is 1. The van der Waals surface area contributed by atoms with Gasteiger partial charge in [-0.1, -0.05) is 25.1 Å². The third-order valence-electron chi connectivity index (χ3n) is 6.49. The Bertz CT molecular complexity index is 1020. The topological polar surface area (TPSA) is 91.5 Å². The summed E-state index contributed by atoms with van der Waals surface area (Å²) in [7, 11) is 0. The van der Waals surface area contributed by atoms with Gasteiger partial charge in [0.25, 0.3) is 5.91 Å². The molecule has 0 unspecified atom stereocenters. The fourth-order valence-corrected chi connectivity index (χ4v) is 4.43. The van der Waals surface area contributed by atoms with Crippen molar-refractivity contribution >= 4 is 17.8 Å². The fraction of sp³-hybridized carbons (Fsp3) is 0.480. The van der Waals surface area contributed by atoms with E-state index in [2.05, 4.69) is 10.3 Å². The second-order valence-electron chi connectivity index (χ2n) is 8.57. The van der Waals surface area contributed by atoms with Gasteiger partial charge < -0.3 is 19.9 Å². The van der Waals surface area contributed by atoms with Crippen molar-refractivity contribution in [3.05, 3.63) is 58.2 Å². The second kappa shape index (κ2) is 10.6. The van der Waals surface area contributed by atoms with Crippen molar-refractivity contribution in [1.29, 1.82) is 0 Å². The summed E-state index contributed by atoms with van der Waals surface area (Å²) in [6, 6.07) is 6.39. The molecule has 2 N–H and O–H groups in total. The number of H-pyrrole nitrogens is 1. The number of halogens is 1. The molecule has 0 radical (unpaired) electrons. The number of ether oxygens (including phenoxy) is 1. The van der Waals surface area contributed by atoms with E-state index >= 15 is 0 Å². The van der Waals surface area contributed by atoms with Gasteiger partial charge in [0.05, 0.1) is 12.2 Å². The molecule has 1 fully saturated rings. The van der Waals surface area contributed by atoms with E-state index in [9.17, 15) is 18.8 Å². The first kappa shape index (κ1) is 24.5. The first-order valence-electron chi connectivity index (χ1n) is 11.4. The van der Waals surface area contributed by atoms with Gasteiger partial charge in [0.2, 0.25) is 5.91 Å². The Morgan fingerprint density at radius 3 is 2.52 bits per heavy atom. The minimum absolute atomic E-state index is 0.113. The van der Waals surface area contributed by atoms with Crippen LogP contribution in [0.3, 0.4) is 0 Å². The van der Waals surface area contributed by atoms with Crippen molar-refractivity contribution in [1.82, 2.24) is 15.2 Å². The average molecular weight is 458 g/mol. The zero-order chi connectivity index (χ0) is 24.1. The number of aromatic nitrogens is 1. The highest BCUT2D eigenvalue weighted by Crippen LogP contribution is 2.27. The molecule has 7 nitrogen and oxygen atoms in total. The zero-order valence-corrected chi connectivity index (χ0v) is 19.7. The number of aromatic amines is 1. The van der Waals surface area contributed by atoms with Gasteiger partial charge in [-0.05, 0) is 51.2 Å². The van der Waals surface area contributed by atoms with E-state index in [0.717, 1.165) is 0 Å². The number of nitrogens with zero attached hydrogens (tertiary/aromatic N) is 1. The van der Waals surface area contributed by atoms with Gasteiger partial charge in [0.1, 0.15) is 11.5 Å². The lowest BCUT2D eigenvalue weighted by Crippen LogP contribution is -2.43. The normalized spacial score (nSPS) is 15.2. The number of carbonyl (C=O) groups excluding carboxylic acids is 3. The largest absolute Gasteiger partial charge is 0.462 e. The Balaban J connectivity index is 1.56. The molecule has 2 heterocycles. The highest BCUT2D eigenvalue weighted by atomic mass is 19.1. The van der Waals surface area contributed by atoms with Crippen LogP contribution in [0, 0.1) is 31.5 Å². The summed E-state index contributed by atoms with van der Waals surface area (Å²) in [5, 5.41) is 2.83. The quantitative estimate of drug-likeness (QED) is 0.620. The van der Waals surface area contributed by atoms with Crippen LogP contribution >= 0.6 is 0 Å². The van der Waals surface area contributed by atoms with E-state index in [0.29, 0.717) is 54.0 Å². The summed E-state index contributed by atoms with van der Waals surface area (Å²) >= 11 is 0. The van der Waals surface area contributed by atoms with Gasteiger partial charge in [-0.25, -0.2) is 9.18 Å². The molecule has 0 saturated carbocycles. The molecule has 1 aromatic heterocycles. The molecular formula is C25H32FN3O4. The van der Waals surface area contributed by atoms with E-state index in [1.165, 1.54) is 6.07 Å². The maximum Gasteiger partial charge on any atom is 0.340 e. The van der Waals surface area contributed by atoms with Crippen LogP contribution in [0.1, 0.15) is 64.4 Å². The number of carbonyl (C=O) groups is 3. The summed E-state index contributed by atoms with van der Waals surface area (Å²) in [6.45, 7) is 8.60. The molecule has 1 aliphatic heterocycles. The number of rotatable bonds is 7. The van der Waals surface area contributed by atoms with Crippen LogP contribution in [-0.2, 0) is 16.1 Å². The number of likely N-dealkylation sites (tertiary alicyclic amines) is 1. The predicted octanol–water partition coefficient (Wildman–Crippen LogP) is 3.75. The number of esters is 1. The SMILES string of the molecule is CCOC(=O)c1c(C)[nH]c(C(=O)N2CCC([C@H](C)C(=O)NCc3ccccc3F)CC2)c1C. The number of benzene rings is 1. The molecule has 0 bridgehead atoms. The van der Waals surface area contributed by atoms with Crippen LogP contribution in [0.25, 0.3) is 0 Å². The molecular weight excluding hydrogens is 425 g/mol. The molecule has 0 aliphatic carbocycles. The van der Waals surface area contributed by atoms with Crippen molar-refractivity contribution < 1.29 is 23.5 Å². The molecule has 0 spiro atoms. The minimum Gasteiger partial charge on any atom is -0.462 e. The number of hydrogen-bond acceptors (Lipinski definition) is 4. The molecule has 1 atom stereocenters. The molecule has 1 saturated heterocycles. The van der Waals surface area contributed by atoms with Crippen molar-refractivity contribution in [2.75, 3.05) is 19.7 Å². The molecule has 1 aliphatic rings. The summed E-state index contributed by atoms with van der Waals surface area (Å²) < 4.78 is 18.9. The monoisotopic (exact) mass is 457 g/mol. The third kappa shape index (κ3) is 5.43. The lowest BCUT2D eigenvalue weighted by molar-refractivity contribution is -0.126. The van der Waals surface area contributed by atoms with Crippen LogP contribution in [0.15, 0.2) is 24.3 Å². The Morgan fingerprint density at radius 2 is 1.88 bits per heavy atom. The standard InChI is InChI=1S/C25H32FN3O4/c1-5-33-25(32)21-16(3)22(28-17(21)4)24(31)29-12-10-18(11-13-29)15(2)23(30)27-14-19-8-6-7-9-20(19)26/h6-9,15,18,28H,5,10-14H2,1-4H3,(H,27,30)/t15-/m0/s1. The smallest absolute Gasteiger partial charge is 0.340 e.